The average molecular weight is 504 g/mol. The number of hydrogen-bond donors (Lipinski definition) is 2. The molecule has 0 saturated heterocycles. The zero-order chi connectivity index (χ0) is 26.9. The molecule has 4 rings (SSSR count). The van der Waals surface area contributed by atoms with Gasteiger partial charge in [0.15, 0.2) is 0 Å². The molecule has 0 fully saturated rings. The van der Waals surface area contributed by atoms with Gasteiger partial charge in [-0.25, -0.2) is 9.97 Å². The molecule has 3 heterocycles. The van der Waals surface area contributed by atoms with E-state index in [-0.39, 0.29) is 22.7 Å². The van der Waals surface area contributed by atoms with E-state index in [9.17, 15) is 23.2 Å². The molecule has 3 N–H and O–H groups in total. The monoisotopic (exact) mass is 504 g/mol. The standard InChI is InChI=1S/C26H19F3N6O2/c1-4-17-7-5-15(11-32-17)22-20(21-23(35(22)2)16(10-30)12-33-24(21)31)14-6-8-18(19(9-14)37-3)25(36)34-13-26(27,28)29/h1,5-9,11-12H,13H2,2-3H3,(H2,31,33)(H,34,36). The van der Waals surface area contributed by atoms with Crippen molar-refractivity contribution in [2.75, 3.05) is 19.4 Å². The molecule has 1 amide bonds. The Kier molecular flexibility index (Phi) is 6.47. The quantitative estimate of drug-likeness (QED) is 0.396. The summed E-state index contributed by atoms with van der Waals surface area (Å²) in [5, 5.41) is 12.0. The van der Waals surface area contributed by atoms with E-state index in [2.05, 4.69) is 22.0 Å². The molecule has 3 aromatic heterocycles. The first kappa shape index (κ1) is 25.1. The lowest BCUT2D eigenvalue weighted by Gasteiger charge is -2.14. The Labute approximate surface area is 209 Å². The number of pyridine rings is 2. The van der Waals surface area contributed by atoms with Crippen molar-refractivity contribution in [3.8, 4) is 46.5 Å². The topological polar surface area (TPSA) is 119 Å². The number of nitriles is 1. The van der Waals surface area contributed by atoms with Gasteiger partial charge in [-0.15, -0.1) is 6.42 Å². The number of aromatic nitrogens is 3. The van der Waals surface area contributed by atoms with Gasteiger partial charge in [0.1, 0.15) is 29.9 Å². The smallest absolute Gasteiger partial charge is 0.405 e. The molecule has 0 atom stereocenters. The van der Waals surface area contributed by atoms with Gasteiger partial charge in [0.05, 0.1) is 34.8 Å². The first-order valence-electron chi connectivity index (χ1n) is 10.7. The van der Waals surface area contributed by atoms with Crippen molar-refractivity contribution < 1.29 is 22.7 Å². The number of alkyl halides is 3. The third kappa shape index (κ3) is 4.62. The number of fused-ring (bicyclic) bond motifs is 1. The van der Waals surface area contributed by atoms with Crippen LogP contribution in [0.1, 0.15) is 21.6 Å². The zero-order valence-corrected chi connectivity index (χ0v) is 19.6. The van der Waals surface area contributed by atoms with Gasteiger partial charge in [-0.1, -0.05) is 12.0 Å². The first-order valence-corrected chi connectivity index (χ1v) is 10.7. The van der Waals surface area contributed by atoms with Crippen LogP contribution in [0, 0.1) is 23.7 Å². The summed E-state index contributed by atoms with van der Waals surface area (Å²) in [7, 11) is 3.06. The molecule has 186 valence electrons. The summed E-state index contributed by atoms with van der Waals surface area (Å²) >= 11 is 0. The van der Waals surface area contributed by atoms with Crippen LogP contribution in [0.25, 0.3) is 33.3 Å². The predicted octanol–water partition coefficient (Wildman–Crippen LogP) is 4.04. The summed E-state index contributed by atoms with van der Waals surface area (Å²) in [5.41, 5.74) is 9.79. The summed E-state index contributed by atoms with van der Waals surface area (Å²) in [4.78, 5) is 20.9. The maximum absolute atomic E-state index is 12.6. The highest BCUT2D eigenvalue weighted by atomic mass is 19.4. The van der Waals surface area contributed by atoms with Crippen molar-refractivity contribution >= 4 is 22.6 Å². The Morgan fingerprint density at radius 2 is 1.95 bits per heavy atom. The second-order valence-electron chi connectivity index (χ2n) is 7.96. The lowest BCUT2D eigenvalue weighted by Crippen LogP contribution is -2.33. The SMILES string of the molecule is C#Cc1ccc(-c2c(-c3ccc(C(=O)NCC(F)(F)F)c(OC)c3)c3c(N)ncc(C#N)c3n2C)cn1. The molecular weight excluding hydrogens is 485 g/mol. The van der Waals surface area contributed by atoms with E-state index in [0.717, 1.165) is 0 Å². The molecule has 11 heteroatoms. The fourth-order valence-electron chi connectivity index (χ4n) is 4.14. The van der Waals surface area contributed by atoms with Crippen LogP contribution >= 0.6 is 0 Å². The highest BCUT2D eigenvalue weighted by molar-refractivity contribution is 6.11. The number of carbonyl (C=O) groups excluding carboxylic acids is 1. The molecule has 8 nitrogen and oxygen atoms in total. The van der Waals surface area contributed by atoms with Crippen LogP contribution in [0.5, 0.6) is 5.75 Å². The normalized spacial score (nSPS) is 11.1. The van der Waals surface area contributed by atoms with E-state index in [1.165, 1.54) is 25.4 Å². The van der Waals surface area contributed by atoms with Gasteiger partial charge >= 0.3 is 6.18 Å². The highest BCUT2D eigenvalue weighted by Crippen LogP contribution is 2.44. The number of nitrogens with zero attached hydrogens (tertiary/aromatic N) is 4. The van der Waals surface area contributed by atoms with Crippen LogP contribution in [0.2, 0.25) is 0 Å². The number of anilines is 1. The minimum absolute atomic E-state index is 0.0453. The van der Waals surface area contributed by atoms with E-state index >= 15 is 0 Å². The molecule has 0 aliphatic rings. The number of hydrogen-bond acceptors (Lipinski definition) is 6. The maximum atomic E-state index is 12.6. The van der Waals surface area contributed by atoms with Crippen molar-refractivity contribution in [3.05, 3.63) is 59.5 Å². The molecule has 0 aliphatic heterocycles. The fourth-order valence-corrected chi connectivity index (χ4v) is 4.14. The van der Waals surface area contributed by atoms with Crippen LogP contribution in [-0.2, 0) is 7.05 Å². The van der Waals surface area contributed by atoms with Crippen molar-refractivity contribution in [2.45, 2.75) is 6.18 Å². The van der Waals surface area contributed by atoms with E-state index in [4.69, 9.17) is 16.9 Å². The molecule has 4 aromatic rings. The number of ether oxygens (including phenoxy) is 1. The average Bonchev–Trinajstić information content (AvgIpc) is 3.20. The summed E-state index contributed by atoms with van der Waals surface area (Å²) in [6.45, 7) is -1.48. The molecule has 0 bridgehead atoms. The molecule has 0 spiro atoms. The number of nitrogens with two attached hydrogens (primary N) is 1. The number of terminal acetylenes is 1. The van der Waals surface area contributed by atoms with E-state index in [1.807, 2.05) is 5.32 Å². The van der Waals surface area contributed by atoms with Crippen LogP contribution in [0.15, 0.2) is 42.7 Å². The van der Waals surface area contributed by atoms with Crippen molar-refractivity contribution in [1.82, 2.24) is 19.9 Å². The number of halogens is 3. The summed E-state index contributed by atoms with van der Waals surface area (Å²) in [5.74, 6) is 1.72. The first-order chi connectivity index (χ1) is 17.6. The minimum atomic E-state index is -4.56. The minimum Gasteiger partial charge on any atom is -0.496 e. The van der Waals surface area contributed by atoms with Gasteiger partial charge < -0.3 is 20.4 Å². The number of carbonyl (C=O) groups is 1. The van der Waals surface area contributed by atoms with Crippen molar-refractivity contribution in [2.24, 2.45) is 7.05 Å². The van der Waals surface area contributed by atoms with Crippen molar-refractivity contribution in [3.63, 3.8) is 0 Å². The Hall–Kier alpha value is -5.03. The molecule has 0 radical (unpaired) electrons. The molecule has 0 aliphatic carbocycles. The molecule has 0 unspecified atom stereocenters. The van der Waals surface area contributed by atoms with Crippen molar-refractivity contribution in [1.29, 1.82) is 5.26 Å². The zero-order valence-electron chi connectivity index (χ0n) is 19.6. The summed E-state index contributed by atoms with van der Waals surface area (Å²) < 4.78 is 44.9. The Morgan fingerprint density at radius 3 is 2.54 bits per heavy atom. The highest BCUT2D eigenvalue weighted by Gasteiger charge is 2.29. The molecule has 1 aromatic carbocycles. The third-order valence-electron chi connectivity index (χ3n) is 5.73. The predicted molar refractivity (Wildman–Crippen MR) is 131 cm³/mol. The Bertz CT molecular complexity index is 1610. The number of nitrogen functional groups attached to an aromatic ring is 1. The van der Waals surface area contributed by atoms with Crippen LogP contribution in [0.3, 0.4) is 0 Å². The summed E-state index contributed by atoms with van der Waals surface area (Å²) in [6, 6.07) is 9.99. The Balaban J connectivity index is 1.97. The van der Waals surface area contributed by atoms with Crippen LogP contribution in [0.4, 0.5) is 19.0 Å². The van der Waals surface area contributed by atoms with Gasteiger partial charge in [-0.2, -0.15) is 18.4 Å². The van der Waals surface area contributed by atoms with E-state index in [1.54, 1.807) is 36.0 Å². The van der Waals surface area contributed by atoms with E-state index < -0.39 is 18.6 Å². The van der Waals surface area contributed by atoms with Gasteiger partial charge in [-0.05, 0) is 29.8 Å². The summed E-state index contributed by atoms with van der Waals surface area (Å²) in [6.07, 6.45) is 3.83. The van der Waals surface area contributed by atoms with Crippen LogP contribution < -0.4 is 15.8 Å². The van der Waals surface area contributed by atoms with Gasteiger partial charge in [0, 0.05) is 30.6 Å². The maximum Gasteiger partial charge on any atom is 0.405 e. The van der Waals surface area contributed by atoms with Gasteiger partial charge in [-0.3, -0.25) is 4.79 Å². The number of nitrogens with one attached hydrogen (secondary N) is 1. The Morgan fingerprint density at radius 1 is 1.22 bits per heavy atom. The largest absolute Gasteiger partial charge is 0.496 e. The number of amides is 1. The second-order valence-corrected chi connectivity index (χ2v) is 7.96. The third-order valence-corrected chi connectivity index (χ3v) is 5.73. The molecular formula is C26H19F3N6O2. The lowest BCUT2D eigenvalue weighted by atomic mass is 9.97. The van der Waals surface area contributed by atoms with Crippen LogP contribution in [-0.4, -0.2) is 40.3 Å². The number of aryl methyl sites for hydroxylation is 1. The number of methoxy groups -OCH3 is 1. The lowest BCUT2D eigenvalue weighted by molar-refractivity contribution is -0.123. The molecule has 0 saturated carbocycles. The number of benzene rings is 1. The van der Waals surface area contributed by atoms with Gasteiger partial charge in [0.2, 0.25) is 0 Å². The van der Waals surface area contributed by atoms with Gasteiger partial charge in [0.25, 0.3) is 5.91 Å². The second kappa shape index (κ2) is 9.55. The fraction of sp³-hybridized carbons (Fsp3) is 0.154. The number of rotatable bonds is 5. The van der Waals surface area contributed by atoms with E-state index in [0.29, 0.717) is 39.0 Å². The molecule has 37 heavy (non-hydrogen) atoms.